The third-order valence-corrected chi connectivity index (χ3v) is 8.30. The number of amides is 2. The van der Waals surface area contributed by atoms with Crippen LogP contribution in [0.25, 0.3) is 0 Å². The van der Waals surface area contributed by atoms with Crippen LogP contribution in [0.2, 0.25) is 0 Å². The summed E-state index contributed by atoms with van der Waals surface area (Å²) in [5, 5.41) is 0. The van der Waals surface area contributed by atoms with E-state index < -0.39 is 17.6 Å². The van der Waals surface area contributed by atoms with Crippen LogP contribution in [0.1, 0.15) is 84.6 Å². The predicted octanol–water partition coefficient (Wildman–Crippen LogP) is 4.86. The Morgan fingerprint density at radius 1 is 1.15 bits per heavy atom. The summed E-state index contributed by atoms with van der Waals surface area (Å²) in [5.41, 5.74) is 5.84. The van der Waals surface area contributed by atoms with E-state index in [4.69, 9.17) is 15.2 Å². The van der Waals surface area contributed by atoms with Crippen molar-refractivity contribution in [3.63, 3.8) is 0 Å². The van der Waals surface area contributed by atoms with Gasteiger partial charge >= 0.3 is 0 Å². The predicted molar refractivity (Wildman–Crippen MR) is 132 cm³/mol. The molecule has 0 spiro atoms. The van der Waals surface area contributed by atoms with Crippen molar-refractivity contribution in [3.05, 3.63) is 29.8 Å². The number of primary amides is 1. The van der Waals surface area contributed by atoms with Crippen LogP contribution in [-0.2, 0) is 14.3 Å². The third-order valence-electron chi connectivity index (χ3n) is 8.30. The van der Waals surface area contributed by atoms with E-state index in [1.807, 2.05) is 36.1 Å². The molecule has 1 aromatic rings. The van der Waals surface area contributed by atoms with Crippen LogP contribution in [0, 0.1) is 23.7 Å². The molecule has 188 valence electrons. The van der Waals surface area contributed by atoms with Gasteiger partial charge in [-0.25, -0.2) is 0 Å². The molecule has 6 heteroatoms. The molecule has 2 amide bonds. The first-order valence-corrected chi connectivity index (χ1v) is 13.0. The third kappa shape index (κ3) is 4.98. The van der Waals surface area contributed by atoms with Gasteiger partial charge < -0.3 is 20.1 Å². The topological polar surface area (TPSA) is 81.9 Å². The highest BCUT2D eigenvalue weighted by molar-refractivity contribution is 6.01. The summed E-state index contributed by atoms with van der Waals surface area (Å²) in [6, 6.07) is 7.74. The second-order valence-corrected chi connectivity index (χ2v) is 11.9. The molecule has 3 aliphatic rings. The van der Waals surface area contributed by atoms with Crippen LogP contribution in [0.5, 0.6) is 5.75 Å². The molecule has 3 aliphatic heterocycles. The summed E-state index contributed by atoms with van der Waals surface area (Å²) in [6.07, 6.45) is 5.90. The van der Waals surface area contributed by atoms with Crippen molar-refractivity contribution < 1.29 is 19.1 Å². The van der Waals surface area contributed by atoms with Crippen molar-refractivity contribution in [3.8, 4) is 5.75 Å². The Hall–Kier alpha value is -2.08. The lowest BCUT2D eigenvalue weighted by Crippen LogP contribution is -2.64. The van der Waals surface area contributed by atoms with E-state index in [0.717, 1.165) is 43.6 Å². The largest absolute Gasteiger partial charge is 0.468 e. The van der Waals surface area contributed by atoms with E-state index in [1.54, 1.807) is 0 Å². The monoisotopic (exact) mass is 470 g/mol. The Balaban J connectivity index is 1.57. The Morgan fingerprint density at radius 2 is 1.88 bits per heavy atom. The zero-order valence-electron chi connectivity index (χ0n) is 21.5. The van der Waals surface area contributed by atoms with Gasteiger partial charge in [0.05, 0.1) is 5.60 Å². The average molecular weight is 471 g/mol. The molecule has 6 nitrogen and oxygen atoms in total. The summed E-state index contributed by atoms with van der Waals surface area (Å²) in [7, 11) is 0. The van der Waals surface area contributed by atoms with E-state index in [1.165, 1.54) is 6.42 Å². The normalized spacial score (nSPS) is 31.1. The minimum absolute atomic E-state index is 0.105. The Labute approximate surface area is 204 Å². The fraction of sp³-hybridized carbons (Fsp3) is 0.714. The Bertz CT molecular complexity index is 913. The van der Waals surface area contributed by atoms with Gasteiger partial charge in [0.25, 0.3) is 0 Å². The molecule has 0 unspecified atom stereocenters. The zero-order chi connectivity index (χ0) is 24.7. The van der Waals surface area contributed by atoms with Crippen molar-refractivity contribution in [2.45, 2.75) is 90.4 Å². The molecule has 0 aromatic heterocycles. The Kier molecular flexibility index (Phi) is 7.01. The average Bonchev–Trinajstić information content (AvgIpc) is 2.74. The molecule has 4 rings (SSSR count). The number of carbonyl (C=O) groups is 2. The molecule has 0 saturated carbocycles. The highest BCUT2D eigenvalue weighted by Crippen LogP contribution is 2.50. The summed E-state index contributed by atoms with van der Waals surface area (Å²) < 4.78 is 12.4. The highest BCUT2D eigenvalue weighted by Gasteiger charge is 2.55. The standard InChI is InChI=1S/C28H42N2O4/c1-18(2)10-11-19(20-13-15-33-27(3,4)16-20)12-14-30-26(32)24(25(29)31)22-17-28(30,5)34-23-9-7-6-8-21(22)23/h6-9,18-20,22,24H,10-17H2,1-5H3,(H2,29,31)/t19-,20+,22+,24+,28-/m1/s1. The minimum atomic E-state index is -0.839. The molecule has 3 heterocycles. The van der Waals surface area contributed by atoms with E-state index in [9.17, 15) is 9.59 Å². The second kappa shape index (κ2) is 9.52. The van der Waals surface area contributed by atoms with Crippen molar-refractivity contribution in [2.24, 2.45) is 29.4 Å². The van der Waals surface area contributed by atoms with Crippen molar-refractivity contribution >= 4 is 11.8 Å². The maximum atomic E-state index is 13.7. The number of ether oxygens (including phenoxy) is 2. The van der Waals surface area contributed by atoms with Crippen LogP contribution in [0.3, 0.4) is 0 Å². The van der Waals surface area contributed by atoms with Gasteiger partial charge in [0.2, 0.25) is 11.8 Å². The summed E-state index contributed by atoms with van der Waals surface area (Å²) in [6.45, 7) is 12.3. The van der Waals surface area contributed by atoms with Gasteiger partial charge in [-0.15, -0.1) is 0 Å². The minimum Gasteiger partial charge on any atom is -0.468 e. The van der Waals surface area contributed by atoms with Gasteiger partial charge in [-0.05, 0) is 75.8 Å². The number of rotatable bonds is 8. The molecular formula is C28H42N2O4. The van der Waals surface area contributed by atoms with Crippen LogP contribution >= 0.6 is 0 Å². The van der Waals surface area contributed by atoms with Crippen LogP contribution in [0.15, 0.2) is 24.3 Å². The number of nitrogens with two attached hydrogens (primary N) is 1. The zero-order valence-corrected chi connectivity index (χ0v) is 21.5. The molecule has 2 saturated heterocycles. The van der Waals surface area contributed by atoms with Crippen molar-refractivity contribution in [1.82, 2.24) is 4.90 Å². The molecule has 2 bridgehead atoms. The van der Waals surface area contributed by atoms with E-state index in [0.29, 0.717) is 30.7 Å². The van der Waals surface area contributed by atoms with Gasteiger partial charge in [0, 0.05) is 25.5 Å². The van der Waals surface area contributed by atoms with Crippen molar-refractivity contribution in [1.29, 1.82) is 0 Å². The molecule has 0 radical (unpaired) electrons. The number of nitrogens with zero attached hydrogens (tertiary/aromatic N) is 1. The lowest BCUT2D eigenvalue weighted by Gasteiger charge is -2.53. The number of likely N-dealkylation sites (tertiary alicyclic amines) is 1. The van der Waals surface area contributed by atoms with E-state index in [-0.39, 0.29) is 17.4 Å². The Morgan fingerprint density at radius 3 is 2.56 bits per heavy atom. The van der Waals surface area contributed by atoms with Gasteiger partial charge in [-0.2, -0.15) is 0 Å². The first-order chi connectivity index (χ1) is 16.0. The maximum absolute atomic E-state index is 13.7. The van der Waals surface area contributed by atoms with E-state index >= 15 is 0 Å². The number of fused-ring (bicyclic) bond motifs is 4. The lowest BCUT2D eigenvalue weighted by atomic mass is 9.72. The second-order valence-electron chi connectivity index (χ2n) is 11.9. The number of hydrogen-bond donors (Lipinski definition) is 1. The number of para-hydroxylation sites is 1. The molecule has 34 heavy (non-hydrogen) atoms. The molecule has 0 aliphatic carbocycles. The van der Waals surface area contributed by atoms with Gasteiger partial charge in [-0.3, -0.25) is 9.59 Å². The number of piperidine rings is 1. The first-order valence-electron chi connectivity index (χ1n) is 13.0. The van der Waals surface area contributed by atoms with Gasteiger partial charge in [0.1, 0.15) is 11.7 Å². The molecule has 5 atom stereocenters. The first kappa shape index (κ1) is 25.0. The van der Waals surface area contributed by atoms with E-state index in [2.05, 4.69) is 27.7 Å². The number of carbonyl (C=O) groups excluding carboxylic acids is 2. The smallest absolute Gasteiger partial charge is 0.238 e. The summed E-state index contributed by atoms with van der Waals surface area (Å²) in [5.74, 6) is 0.677. The maximum Gasteiger partial charge on any atom is 0.238 e. The molecule has 1 aromatic carbocycles. The summed E-state index contributed by atoms with van der Waals surface area (Å²) in [4.78, 5) is 28.0. The summed E-state index contributed by atoms with van der Waals surface area (Å²) >= 11 is 0. The van der Waals surface area contributed by atoms with Crippen molar-refractivity contribution in [2.75, 3.05) is 13.2 Å². The van der Waals surface area contributed by atoms with Crippen LogP contribution in [-0.4, -0.2) is 41.2 Å². The molecule has 2 fully saturated rings. The number of hydrogen-bond acceptors (Lipinski definition) is 4. The van der Waals surface area contributed by atoms with Gasteiger partial charge in [0.15, 0.2) is 5.72 Å². The fourth-order valence-corrected chi connectivity index (χ4v) is 6.52. The quantitative estimate of drug-likeness (QED) is 0.550. The fourth-order valence-electron chi connectivity index (χ4n) is 6.52. The highest BCUT2D eigenvalue weighted by atomic mass is 16.5. The molecule has 2 N–H and O–H groups in total. The van der Waals surface area contributed by atoms with Crippen LogP contribution in [0.4, 0.5) is 0 Å². The lowest BCUT2D eigenvalue weighted by molar-refractivity contribution is -0.176. The van der Waals surface area contributed by atoms with Gasteiger partial charge in [-0.1, -0.05) is 38.5 Å². The SMILES string of the molecule is CC(C)CC[C@H](CCN1C(=O)[C@H](C(N)=O)[C@H]2C[C@@]1(C)Oc1ccccc12)[C@H]1CCOC(C)(C)C1. The molecular weight excluding hydrogens is 428 g/mol. The number of benzene rings is 1. The van der Waals surface area contributed by atoms with Crippen LogP contribution < -0.4 is 10.5 Å².